The van der Waals surface area contributed by atoms with Crippen LogP contribution in [0.5, 0.6) is 0 Å². The third kappa shape index (κ3) is 2.83. The fourth-order valence-corrected chi connectivity index (χ4v) is 2.10. The molecule has 0 amide bonds. The van der Waals surface area contributed by atoms with Gasteiger partial charge in [0.2, 0.25) is 0 Å². The molecule has 0 radical (unpaired) electrons. The number of nitrogens with one attached hydrogen (secondary N) is 1. The average Bonchev–Trinajstić information content (AvgIpc) is 3.12. The molecule has 0 saturated heterocycles. The molecule has 1 unspecified atom stereocenters. The van der Waals surface area contributed by atoms with Crippen molar-refractivity contribution >= 4 is 0 Å². The minimum Gasteiger partial charge on any atom is -0.384 e. The molecular weight excluding hydrogens is 198 g/mol. The van der Waals surface area contributed by atoms with E-state index in [4.69, 9.17) is 0 Å². The number of aliphatic hydroxyl groups is 1. The van der Waals surface area contributed by atoms with E-state index in [1.165, 1.54) is 12.8 Å². The van der Waals surface area contributed by atoms with Crippen LogP contribution in [-0.4, -0.2) is 17.7 Å². The molecule has 1 aromatic rings. The number of rotatable bonds is 6. The Kier molecular flexibility index (Phi) is 3.62. The molecule has 2 rings (SSSR count). The van der Waals surface area contributed by atoms with E-state index in [0.717, 1.165) is 18.4 Å². The zero-order valence-corrected chi connectivity index (χ0v) is 9.95. The summed E-state index contributed by atoms with van der Waals surface area (Å²) in [6.45, 7) is 2.79. The molecule has 2 N–H and O–H groups in total. The molecule has 0 aliphatic heterocycles. The normalized spacial score (nSPS) is 19.4. The van der Waals surface area contributed by atoms with Crippen molar-refractivity contribution in [3.63, 3.8) is 0 Å². The van der Waals surface area contributed by atoms with Gasteiger partial charge in [0.25, 0.3) is 0 Å². The van der Waals surface area contributed by atoms with Crippen molar-refractivity contribution in [3.05, 3.63) is 35.9 Å². The van der Waals surface area contributed by atoms with Crippen molar-refractivity contribution in [2.45, 2.75) is 44.2 Å². The fraction of sp³-hybridized carbons (Fsp3) is 0.571. The summed E-state index contributed by atoms with van der Waals surface area (Å²) in [7, 11) is 0. The number of hydrogen-bond acceptors (Lipinski definition) is 2. The molecule has 1 saturated carbocycles. The first-order valence-electron chi connectivity index (χ1n) is 6.26. The quantitative estimate of drug-likeness (QED) is 0.770. The molecule has 2 nitrogen and oxygen atoms in total. The Balaban J connectivity index is 2.06. The first-order valence-corrected chi connectivity index (χ1v) is 6.26. The molecule has 1 aliphatic carbocycles. The zero-order chi connectivity index (χ0) is 11.4. The van der Waals surface area contributed by atoms with Gasteiger partial charge in [-0.15, -0.1) is 0 Å². The molecule has 1 fully saturated rings. The molecule has 0 heterocycles. The minimum absolute atomic E-state index is 0.645. The van der Waals surface area contributed by atoms with Gasteiger partial charge in [-0.25, -0.2) is 0 Å². The second-order valence-electron chi connectivity index (χ2n) is 4.80. The summed E-state index contributed by atoms with van der Waals surface area (Å²) in [6, 6.07) is 10.7. The van der Waals surface area contributed by atoms with E-state index >= 15 is 0 Å². The lowest BCUT2D eigenvalue weighted by Crippen LogP contribution is -2.39. The van der Waals surface area contributed by atoms with E-state index in [0.29, 0.717) is 12.6 Å². The monoisotopic (exact) mass is 219 g/mol. The van der Waals surface area contributed by atoms with Gasteiger partial charge in [-0.1, -0.05) is 43.7 Å². The highest BCUT2D eigenvalue weighted by atomic mass is 16.3. The summed E-state index contributed by atoms with van der Waals surface area (Å²) in [5, 5.41) is 14.1. The van der Waals surface area contributed by atoms with Crippen LogP contribution in [0.2, 0.25) is 0 Å². The molecule has 2 heteroatoms. The molecule has 88 valence electrons. The maximum atomic E-state index is 10.7. The molecule has 0 bridgehead atoms. The lowest BCUT2D eigenvalue weighted by molar-refractivity contribution is 0.0266. The summed E-state index contributed by atoms with van der Waals surface area (Å²) in [5.41, 5.74) is 0.337. The van der Waals surface area contributed by atoms with Crippen LogP contribution >= 0.6 is 0 Å². The van der Waals surface area contributed by atoms with Crippen LogP contribution in [0.15, 0.2) is 30.3 Å². The Bertz CT molecular complexity index is 321. The van der Waals surface area contributed by atoms with Gasteiger partial charge in [-0.05, 0) is 24.8 Å². The molecule has 1 atom stereocenters. The molecule has 0 aromatic heterocycles. The first kappa shape index (κ1) is 11.6. The third-order valence-corrected chi connectivity index (χ3v) is 3.24. The van der Waals surface area contributed by atoms with E-state index in [2.05, 4.69) is 12.2 Å². The molecule has 1 aliphatic rings. The number of benzene rings is 1. The molecule has 16 heavy (non-hydrogen) atoms. The van der Waals surface area contributed by atoms with Crippen LogP contribution in [-0.2, 0) is 5.60 Å². The smallest absolute Gasteiger partial charge is 0.102 e. The van der Waals surface area contributed by atoms with Gasteiger partial charge in [0, 0.05) is 12.6 Å². The fourth-order valence-electron chi connectivity index (χ4n) is 2.10. The van der Waals surface area contributed by atoms with E-state index in [1.54, 1.807) is 0 Å². The van der Waals surface area contributed by atoms with E-state index < -0.39 is 5.60 Å². The van der Waals surface area contributed by atoms with Crippen LogP contribution in [0, 0.1) is 0 Å². The predicted molar refractivity (Wildman–Crippen MR) is 66.3 cm³/mol. The van der Waals surface area contributed by atoms with E-state index in [9.17, 15) is 5.11 Å². The van der Waals surface area contributed by atoms with Gasteiger partial charge >= 0.3 is 0 Å². The summed E-state index contributed by atoms with van der Waals surface area (Å²) in [5.74, 6) is 0. The van der Waals surface area contributed by atoms with Crippen LogP contribution in [0.4, 0.5) is 0 Å². The van der Waals surface area contributed by atoms with Crippen LogP contribution < -0.4 is 5.32 Å². The van der Waals surface area contributed by atoms with E-state index in [1.807, 2.05) is 30.3 Å². The number of hydrogen-bond donors (Lipinski definition) is 2. The maximum absolute atomic E-state index is 10.7. The average molecular weight is 219 g/mol. The highest BCUT2D eigenvalue weighted by molar-refractivity contribution is 5.22. The first-order chi connectivity index (χ1) is 7.74. The van der Waals surface area contributed by atoms with Gasteiger partial charge in [0.15, 0.2) is 0 Å². The summed E-state index contributed by atoms with van der Waals surface area (Å²) >= 11 is 0. The summed E-state index contributed by atoms with van der Waals surface area (Å²) < 4.78 is 0. The second-order valence-corrected chi connectivity index (χ2v) is 4.80. The Labute approximate surface area is 97.7 Å². The van der Waals surface area contributed by atoms with Gasteiger partial charge in [-0.3, -0.25) is 0 Å². The molecule has 0 spiro atoms. The zero-order valence-electron chi connectivity index (χ0n) is 9.95. The topological polar surface area (TPSA) is 32.3 Å². The van der Waals surface area contributed by atoms with Gasteiger partial charge in [0.05, 0.1) is 0 Å². The van der Waals surface area contributed by atoms with Crippen LogP contribution in [0.25, 0.3) is 0 Å². The van der Waals surface area contributed by atoms with Gasteiger partial charge in [-0.2, -0.15) is 0 Å². The van der Waals surface area contributed by atoms with Crippen molar-refractivity contribution in [3.8, 4) is 0 Å². The Hall–Kier alpha value is -0.860. The summed E-state index contributed by atoms with van der Waals surface area (Å²) in [4.78, 5) is 0. The third-order valence-electron chi connectivity index (χ3n) is 3.24. The largest absolute Gasteiger partial charge is 0.384 e. The second kappa shape index (κ2) is 4.98. The Morgan fingerprint density at radius 2 is 2.00 bits per heavy atom. The van der Waals surface area contributed by atoms with Crippen molar-refractivity contribution in [1.82, 2.24) is 5.32 Å². The van der Waals surface area contributed by atoms with Gasteiger partial charge < -0.3 is 10.4 Å². The van der Waals surface area contributed by atoms with Gasteiger partial charge in [0.1, 0.15) is 5.60 Å². The molecular formula is C14H21NO. The maximum Gasteiger partial charge on any atom is 0.102 e. The Morgan fingerprint density at radius 3 is 2.56 bits per heavy atom. The van der Waals surface area contributed by atoms with Crippen LogP contribution in [0.3, 0.4) is 0 Å². The summed E-state index contributed by atoms with van der Waals surface area (Å²) in [6.07, 6.45) is 4.34. The van der Waals surface area contributed by atoms with Crippen LogP contribution in [0.1, 0.15) is 38.2 Å². The van der Waals surface area contributed by atoms with Crippen molar-refractivity contribution in [2.24, 2.45) is 0 Å². The highest BCUT2D eigenvalue weighted by Crippen LogP contribution is 2.27. The lowest BCUT2D eigenvalue weighted by atomic mass is 9.89. The van der Waals surface area contributed by atoms with Crippen molar-refractivity contribution in [2.75, 3.05) is 6.54 Å². The predicted octanol–water partition coefficient (Wildman–Crippen LogP) is 2.43. The lowest BCUT2D eigenvalue weighted by Gasteiger charge is -2.29. The minimum atomic E-state index is -0.696. The standard InChI is InChI=1S/C14H21NO/c1-2-10-14(16,11-15-13-8-9-13)12-6-4-3-5-7-12/h3-7,13,15-16H,2,8-11H2,1H3. The highest BCUT2D eigenvalue weighted by Gasteiger charge is 2.31. The van der Waals surface area contributed by atoms with Crippen molar-refractivity contribution in [1.29, 1.82) is 0 Å². The van der Waals surface area contributed by atoms with Crippen molar-refractivity contribution < 1.29 is 5.11 Å². The van der Waals surface area contributed by atoms with E-state index in [-0.39, 0.29) is 0 Å². The molecule has 1 aromatic carbocycles. The Morgan fingerprint density at radius 1 is 1.31 bits per heavy atom. The SMILES string of the molecule is CCCC(O)(CNC1CC1)c1ccccc1.